The molecule has 4 rings (SSSR count). The molecule has 2 aromatic rings. The number of rotatable bonds is 6. The van der Waals surface area contributed by atoms with Crippen molar-refractivity contribution in [2.24, 2.45) is 0 Å². The van der Waals surface area contributed by atoms with Crippen LogP contribution in [0, 0.1) is 0 Å². The second kappa shape index (κ2) is 8.71. The lowest BCUT2D eigenvalue weighted by Crippen LogP contribution is -2.61. The number of methoxy groups -OCH3 is 1. The number of aromatic nitrogens is 1. The Bertz CT molecular complexity index is 763. The van der Waals surface area contributed by atoms with Gasteiger partial charge in [0.05, 0.1) is 6.04 Å². The first kappa shape index (κ1) is 18.9. The molecule has 1 aromatic carbocycles. The van der Waals surface area contributed by atoms with E-state index < -0.39 is 0 Å². The van der Waals surface area contributed by atoms with E-state index in [1.165, 1.54) is 5.56 Å². The zero-order valence-corrected chi connectivity index (χ0v) is 16.2. The van der Waals surface area contributed by atoms with E-state index in [0.29, 0.717) is 6.04 Å². The summed E-state index contributed by atoms with van der Waals surface area (Å²) in [6.45, 7) is 2.65. The summed E-state index contributed by atoms with van der Waals surface area (Å²) in [7, 11) is 1.57. The highest BCUT2D eigenvalue weighted by atomic mass is 16.5. The molecule has 2 saturated heterocycles. The Morgan fingerprint density at radius 2 is 1.82 bits per heavy atom. The van der Waals surface area contributed by atoms with E-state index in [1.54, 1.807) is 7.11 Å². The summed E-state index contributed by atoms with van der Waals surface area (Å²) in [6.07, 6.45) is 5.77. The van der Waals surface area contributed by atoms with Crippen LogP contribution in [0.3, 0.4) is 0 Å². The number of piperidine rings is 1. The molecule has 2 aliphatic rings. The minimum atomic E-state index is 0.0838. The minimum Gasteiger partial charge on any atom is -0.487 e. The molecular weight excluding hydrogens is 354 g/mol. The summed E-state index contributed by atoms with van der Waals surface area (Å²) in [4.78, 5) is 20.7. The Labute approximate surface area is 166 Å². The maximum Gasteiger partial charge on any atom is 0.248 e. The van der Waals surface area contributed by atoms with Crippen molar-refractivity contribution in [3.63, 3.8) is 0 Å². The maximum atomic E-state index is 12.1. The molecule has 1 aromatic heterocycles. The van der Waals surface area contributed by atoms with Gasteiger partial charge in [0.2, 0.25) is 5.91 Å². The molecule has 3 heterocycles. The number of hydrogen-bond donors (Lipinski definition) is 0. The van der Waals surface area contributed by atoms with Gasteiger partial charge in [-0.15, -0.1) is 0 Å². The van der Waals surface area contributed by atoms with Crippen LogP contribution in [0.1, 0.15) is 24.4 Å². The number of carbonyl (C=O) groups excluding carboxylic acids is 1. The summed E-state index contributed by atoms with van der Waals surface area (Å²) in [6, 6.07) is 14.8. The summed E-state index contributed by atoms with van der Waals surface area (Å²) >= 11 is 0. The average Bonchev–Trinajstić information content (AvgIpc) is 2.73. The molecule has 28 heavy (non-hydrogen) atoms. The number of amides is 1. The predicted octanol–water partition coefficient (Wildman–Crippen LogP) is 2.52. The maximum absolute atomic E-state index is 12.1. The third-order valence-corrected chi connectivity index (χ3v) is 5.73. The van der Waals surface area contributed by atoms with Gasteiger partial charge >= 0.3 is 0 Å². The monoisotopic (exact) mass is 381 g/mol. The van der Waals surface area contributed by atoms with Crippen molar-refractivity contribution < 1.29 is 14.3 Å². The smallest absolute Gasteiger partial charge is 0.248 e. The second-order valence-corrected chi connectivity index (χ2v) is 7.44. The molecule has 6 nitrogen and oxygen atoms in total. The number of pyridine rings is 1. The third-order valence-electron chi connectivity index (χ3n) is 5.73. The Morgan fingerprint density at radius 1 is 1.11 bits per heavy atom. The highest BCUT2D eigenvalue weighted by Crippen LogP contribution is 2.40. The fraction of sp³-hybridized carbons (Fsp3) is 0.455. The van der Waals surface area contributed by atoms with E-state index in [0.717, 1.165) is 38.2 Å². The van der Waals surface area contributed by atoms with E-state index >= 15 is 0 Å². The van der Waals surface area contributed by atoms with Gasteiger partial charge in [-0.1, -0.05) is 18.2 Å². The lowest BCUT2D eigenvalue weighted by molar-refractivity contribution is -0.138. The van der Waals surface area contributed by atoms with Crippen LogP contribution in [-0.2, 0) is 9.53 Å². The Morgan fingerprint density at radius 3 is 2.50 bits per heavy atom. The van der Waals surface area contributed by atoms with E-state index in [-0.39, 0.29) is 24.7 Å². The molecule has 2 aliphatic heterocycles. The Kier molecular flexibility index (Phi) is 5.88. The first-order valence-corrected chi connectivity index (χ1v) is 9.90. The molecule has 0 N–H and O–H groups in total. The fourth-order valence-electron chi connectivity index (χ4n) is 4.28. The van der Waals surface area contributed by atoms with Gasteiger partial charge in [-0.3, -0.25) is 14.7 Å². The Balaban J connectivity index is 1.43. The molecule has 0 saturated carbocycles. The zero-order chi connectivity index (χ0) is 19.3. The number of hydrogen-bond acceptors (Lipinski definition) is 5. The van der Waals surface area contributed by atoms with Gasteiger partial charge in [0.15, 0.2) is 0 Å². The van der Waals surface area contributed by atoms with Crippen molar-refractivity contribution in [3.8, 4) is 5.75 Å². The molecule has 6 heteroatoms. The van der Waals surface area contributed by atoms with Crippen molar-refractivity contribution in [1.29, 1.82) is 0 Å². The quantitative estimate of drug-likeness (QED) is 0.770. The first-order valence-electron chi connectivity index (χ1n) is 9.90. The summed E-state index contributed by atoms with van der Waals surface area (Å²) < 4.78 is 11.3. The van der Waals surface area contributed by atoms with E-state index in [9.17, 15) is 4.79 Å². The molecule has 2 atom stereocenters. The van der Waals surface area contributed by atoms with Gasteiger partial charge in [-0.2, -0.15) is 0 Å². The molecule has 0 bridgehead atoms. The van der Waals surface area contributed by atoms with Crippen LogP contribution in [0.15, 0.2) is 54.9 Å². The zero-order valence-electron chi connectivity index (χ0n) is 16.2. The number of benzene rings is 1. The molecule has 0 spiro atoms. The fourth-order valence-corrected chi connectivity index (χ4v) is 4.28. The number of nitrogens with zero attached hydrogens (tertiary/aromatic N) is 3. The SMILES string of the molecule is COCC(=O)N1CCC(N2C[C@H](Oc3ccccc3)[C@@H]2c2ccncc2)CC1. The number of ether oxygens (including phenoxy) is 2. The van der Waals surface area contributed by atoms with Crippen LogP contribution < -0.4 is 4.74 Å². The highest BCUT2D eigenvalue weighted by molar-refractivity contribution is 5.77. The van der Waals surface area contributed by atoms with Crippen molar-refractivity contribution in [1.82, 2.24) is 14.8 Å². The second-order valence-electron chi connectivity index (χ2n) is 7.44. The normalized spacial score (nSPS) is 23.2. The summed E-state index contributed by atoms with van der Waals surface area (Å²) in [5.41, 5.74) is 1.24. The highest BCUT2D eigenvalue weighted by Gasteiger charge is 2.45. The van der Waals surface area contributed by atoms with Crippen LogP contribution in [0.4, 0.5) is 0 Å². The lowest BCUT2D eigenvalue weighted by atomic mass is 9.87. The van der Waals surface area contributed by atoms with Crippen LogP contribution in [0.5, 0.6) is 5.75 Å². The largest absolute Gasteiger partial charge is 0.487 e. The van der Waals surface area contributed by atoms with Gasteiger partial charge in [0.1, 0.15) is 18.5 Å². The van der Waals surface area contributed by atoms with Gasteiger partial charge in [-0.25, -0.2) is 0 Å². The summed E-state index contributed by atoms with van der Waals surface area (Å²) in [5, 5.41) is 0. The van der Waals surface area contributed by atoms with Gasteiger partial charge < -0.3 is 14.4 Å². The predicted molar refractivity (Wildman–Crippen MR) is 106 cm³/mol. The number of para-hydroxylation sites is 1. The average molecular weight is 381 g/mol. The first-order chi connectivity index (χ1) is 13.8. The van der Waals surface area contributed by atoms with Crippen molar-refractivity contribution in [2.45, 2.75) is 31.0 Å². The molecule has 148 valence electrons. The van der Waals surface area contributed by atoms with Crippen LogP contribution in [0.25, 0.3) is 0 Å². The van der Waals surface area contributed by atoms with Gasteiger partial charge in [-0.05, 0) is 42.7 Å². The van der Waals surface area contributed by atoms with E-state index in [1.807, 2.05) is 47.6 Å². The summed E-state index contributed by atoms with van der Waals surface area (Å²) in [5.74, 6) is 0.992. The Hall–Kier alpha value is -2.44. The van der Waals surface area contributed by atoms with Crippen molar-refractivity contribution >= 4 is 5.91 Å². The molecular formula is C22H27N3O3. The molecule has 2 fully saturated rings. The number of carbonyl (C=O) groups is 1. The molecule has 0 aliphatic carbocycles. The van der Waals surface area contributed by atoms with Gasteiger partial charge in [0.25, 0.3) is 0 Å². The van der Waals surface area contributed by atoms with Crippen molar-refractivity contribution in [2.75, 3.05) is 33.4 Å². The molecule has 0 radical (unpaired) electrons. The van der Waals surface area contributed by atoms with Crippen LogP contribution in [0.2, 0.25) is 0 Å². The standard InChI is InChI=1S/C22H27N3O3/c1-27-16-21(26)24-13-9-18(10-14-24)25-15-20(28-19-5-3-2-4-6-19)22(25)17-7-11-23-12-8-17/h2-8,11-12,18,20,22H,9-10,13-16H2,1H3/t20-,22-/m0/s1. The van der Waals surface area contributed by atoms with Gasteiger partial charge in [0, 0.05) is 45.2 Å². The molecule has 0 unspecified atom stereocenters. The third kappa shape index (κ3) is 4.03. The lowest BCUT2D eigenvalue weighted by Gasteiger charge is -2.53. The van der Waals surface area contributed by atoms with Crippen LogP contribution in [-0.4, -0.2) is 66.2 Å². The van der Waals surface area contributed by atoms with E-state index in [2.05, 4.69) is 22.0 Å². The number of likely N-dealkylation sites (tertiary alicyclic amines) is 2. The van der Waals surface area contributed by atoms with E-state index in [4.69, 9.17) is 9.47 Å². The molecule has 1 amide bonds. The minimum absolute atomic E-state index is 0.0838. The van der Waals surface area contributed by atoms with Crippen molar-refractivity contribution in [3.05, 3.63) is 60.4 Å². The van der Waals surface area contributed by atoms with Crippen LogP contribution >= 0.6 is 0 Å². The topological polar surface area (TPSA) is 54.9 Å².